The molecule has 6 atom stereocenters. The van der Waals surface area contributed by atoms with Crippen molar-refractivity contribution in [1.82, 2.24) is 0 Å². The summed E-state index contributed by atoms with van der Waals surface area (Å²) in [6.07, 6.45) is 18.4. The van der Waals surface area contributed by atoms with Gasteiger partial charge in [-0.1, -0.05) is 89.8 Å². The second-order valence-electron chi connectivity index (χ2n) is 13.6. The van der Waals surface area contributed by atoms with E-state index in [4.69, 9.17) is 4.43 Å². The Balaban J connectivity index is 1.60. The van der Waals surface area contributed by atoms with E-state index in [2.05, 4.69) is 74.1 Å². The average Bonchev–Trinajstić information content (AvgIpc) is 3.16. The molecule has 0 N–H and O–H groups in total. The van der Waals surface area contributed by atoms with Gasteiger partial charge in [-0.05, 0) is 112 Å². The molecule has 0 amide bonds. The molecule has 3 fully saturated rings. The highest BCUT2D eigenvalue weighted by atomic mass is 28.3. The van der Waals surface area contributed by atoms with Crippen molar-refractivity contribution in [3.05, 3.63) is 35.5 Å². The predicted molar refractivity (Wildman–Crippen MR) is 157 cm³/mol. The fraction of sp³-hybridized carbons (Fsp3) is 0.818. The number of hydrogen-bond acceptors (Lipinski definition) is 1. The molecule has 1 nitrogen and oxygen atoms in total. The number of fused-ring (bicyclic) bond motifs is 1. The van der Waals surface area contributed by atoms with Gasteiger partial charge < -0.3 is 4.43 Å². The molecule has 3 rings (SSSR count). The third-order valence-corrected chi connectivity index (χ3v) is 13.3. The van der Waals surface area contributed by atoms with Gasteiger partial charge in [-0.2, -0.15) is 0 Å². The lowest BCUT2D eigenvalue weighted by Gasteiger charge is -2.44. The van der Waals surface area contributed by atoms with Crippen LogP contribution in [0.25, 0.3) is 0 Å². The zero-order valence-corrected chi connectivity index (χ0v) is 25.9. The number of rotatable bonds is 10. The van der Waals surface area contributed by atoms with Crippen molar-refractivity contribution in [3.8, 4) is 0 Å². The zero-order valence-electron chi connectivity index (χ0n) is 24.7. The van der Waals surface area contributed by atoms with E-state index in [0.717, 1.165) is 17.8 Å². The summed E-state index contributed by atoms with van der Waals surface area (Å²) in [4.78, 5) is 0. The Hall–Kier alpha value is -0.603. The molecule has 0 spiro atoms. The van der Waals surface area contributed by atoms with E-state index in [1.165, 1.54) is 81.9 Å². The van der Waals surface area contributed by atoms with Gasteiger partial charge in [0.2, 0.25) is 0 Å². The summed E-state index contributed by atoms with van der Waals surface area (Å²) in [5, 5.41) is 0. The maximum atomic E-state index is 6.58. The van der Waals surface area contributed by atoms with E-state index >= 15 is 0 Å². The van der Waals surface area contributed by atoms with Gasteiger partial charge in [-0.3, -0.25) is 0 Å². The molecule has 3 saturated carbocycles. The molecule has 3 aliphatic rings. The van der Waals surface area contributed by atoms with Crippen LogP contribution >= 0.6 is 0 Å². The van der Waals surface area contributed by atoms with Crippen LogP contribution in [-0.4, -0.2) is 14.6 Å². The fourth-order valence-electron chi connectivity index (χ4n) is 8.21. The Labute approximate surface area is 221 Å². The summed E-state index contributed by atoms with van der Waals surface area (Å²) in [6.45, 7) is 23.6. The fourth-order valence-corrected chi connectivity index (χ4v) is 10.1. The molecule has 0 aliphatic heterocycles. The topological polar surface area (TPSA) is 9.23 Å². The van der Waals surface area contributed by atoms with E-state index in [1.807, 2.05) is 0 Å². The first-order valence-corrected chi connectivity index (χ1v) is 17.4. The molecular formula is C33H58OSi. The van der Waals surface area contributed by atoms with Crippen molar-refractivity contribution in [1.29, 1.82) is 0 Å². The lowest BCUT2D eigenvalue weighted by molar-refractivity contribution is 0.0761. The summed E-state index contributed by atoms with van der Waals surface area (Å²) in [6, 6.07) is 2.52. The van der Waals surface area contributed by atoms with Crippen molar-refractivity contribution >= 4 is 9.04 Å². The van der Waals surface area contributed by atoms with Crippen LogP contribution in [0.1, 0.15) is 120 Å². The first-order chi connectivity index (χ1) is 16.5. The number of hydrogen-bond donors (Lipinski definition) is 0. The van der Waals surface area contributed by atoms with Crippen molar-refractivity contribution in [2.45, 2.75) is 137 Å². The van der Waals surface area contributed by atoms with E-state index in [1.54, 1.807) is 11.1 Å². The van der Waals surface area contributed by atoms with Crippen LogP contribution < -0.4 is 0 Å². The maximum absolute atomic E-state index is 6.58. The Kier molecular flexibility index (Phi) is 10.2. The summed E-state index contributed by atoms with van der Waals surface area (Å²) in [5.41, 5.74) is 5.47. The Bertz CT molecular complexity index is 756. The average molecular weight is 499 g/mol. The van der Waals surface area contributed by atoms with Gasteiger partial charge in [-0.15, -0.1) is 0 Å². The quantitative estimate of drug-likeness (QED) is 0.215. The minimum atomic E-state index is -0.989. The highest BCUT2D eigenvalue weighted by Crippen LogP contribution is 2.60. The molecule has 0 saturated heterocycles. The normalized spacial score (nSPS) is 33.9. The van der Waals surface area contributed by atoms with Crippen molar-refractivity contribution in [2.24, 2.45) is 35.0 Å². The lowest BCUT2D eigenvalue weighted by Crippen LogP contribution is -2.36. The van der Waals surface area contributed by atoms with Crippen LogP contribution in [0.4, 0.5) is 0 Å². The van der Waals surface area contributed by atoms with Crippen LogP contribution in [0.3, 0.4) is 0 Å². The van der Waals surface area contributed by atoms with Crippen LogP contribution in [0.15, 0.2) is 35.5 Å². The van der Waals surface area contributed by atoms with Crippen molar-refractivity contribution in [2.75, 3.05) is 0 Å². The third kappa shape index (κ3) is 7.04. The minimum Gasteiger partial charge on any atom is -0.415 e. The second-order valence-corrected chi connectivity index (χ2v) is 16.7. The molecule has 0 heterocycles. The van der Waals surface area contributed by atoms with Gasteiger partial charge >= 0.3 is 0 Å². The molecule has 3 aliphatic carbocycles. The number of allylic oxidation sites excluding steroid dienone is 5. The van der Waals surface area contributed by atoms with Gasteiger partial charge in [0, 0.05) is 0 Å². The van der Waals surface area contributed by atoms with Crippen LogP contribution in [-0.2, 0) is 4.43 Å². The van der Waals surface area contributed by atoms with Gasteiger partial charge in [0.25, 0.3) is 0 Å². The van der Waals surface area contributed by atoms with E-state index in [9.17, 15) is 0 Å². The predicted octanol–water partition coefficient (Wildman–Crippen LogP) is 10.0. The maximum Gasteiger partial charge on any atom is 0.177 e. The zero-order chi connectivity index (χ0) is 25.8. The molecule has 35 heavy (non-hydrogen) atoms. The molecule has 0 bridgehead atoms. The highest BCUT2D eigenvalue weighted by molar-refractivity contribution is 6.51. The summed E-state index contributed by atoms with van der Waals surface area (Å²) < 4.78 is 6.58. The Morgan fingerprint density at radius 1 is 1.11 bits per heavy atom. The van der Waals surface area contributed by atoms with E-state index in [-0.39, 0.29) is 5.60 Å². The lowest BCUT2D eigenvalue weighted by atomic mass is 9.60. The molecule has 200 valence electrons. The highest BCUT2D eigenvalue weighted by Gasteiger charge is 2.50. The Morgan fingerprint density at radius 3 is 2.40 bits per heavy atom. The molecule has 0 aromatic carbocycles. The molecule has 2 heteroatoms. The molecule has 0 aromatic rings. The molecule has 0 aromatic heterocycles. The van der Waals surface area contributed by atoms with Gasteiger partial charge in [0.1, 0.15) is 0 Å². The largest absolute Gasteiger partial charge is 0.415 e. The summed E-state index contributed by atoms with van der Waals surface area (Å²) in [7, 11) is -0.989. The van der Waals surface area contributed by atoms with Crippen molar-refractivity contribution < 1.29 is 4.43 Å². The monoisotopic (exact) mass is 498 g/mol. The molecule has 0 radical (unpaired) electrons. The van der Waals surface area contributed by atoms with Gasteiger partial charge in [0.05, 0.1) is 5.60 Å². The second kappa shape index (κ2) is 12.3. The van der Waals surface area contributed by atoms with Crippen LogP contribution in [0.2, 0.25) is 12.1 Å². The SMILES string of the molecule is C=C1[C@H](C)CC(=C/C=C2\CCC[C@@]3(C)C2CCC3[C@H](C)CCCC(C)(C)O[SiH](CC)CC)C[C@H]1C. The van der Waals surface area contributed by atoms with E-state index < -0.39 is 9.04 Å². The van der Waals surface area contributed by atoms with Crippen LogP contribution in [0, 0.1) is 35.0 Å². The summed E-state index contributed by atoms with van der Waals surface area (Å²) in [5.74, 6) is 3.82. The Morgan fingerprint density at radius 2 is 1.77 bits per heavy atom. The molecule has 2 unspecified atom stereocenters. The van der Waals surface area contributed by atoms with Crippen LogP contribution in [0.5, 0.6) is 0 Å². The smallest absolute Gasteiger partial charge is 0.177 e. The third-order valence-electron chi connectivity index (χ3n) is 10.5. The first kappa shape index (κ1) is 29.0. The standard InChI is InChI=1S/C33H58OSi/c1-10-35(11-2)34-32(7,8)20-12-14-24(3)30-18-19-31-29(15-13-21-33(30,31)9)17-16-28-22-25(4)27(6)26(5)23-28/h16-17,24-26,30-31,35H,6,10-15,18-23H2,1-5,7-9H3/b29-17+/t24-,25-,26-,30?,31?,33-/m1/s1. The van der Waals surface area contributed by atoms with Gasteiger partial charge in [-0.25, -0.2) is 0 Å². The molecular weight excluding hydrogens is 440 g/mol. The van der Waals surface area contributed by atoms with E-state index in [0.29, 0.717) is 17.3 Å². The summed E-state index contributed by atoms with van der Waals surface area (Å²) >= 11 is 0. The first-order valence-electron chi connectivity index (χ1n) is 15.3. The van der Waals surface area contributed by atoms with Crippen molar-refractivity contribution in [3.63, 3.8) is 0 Å². The minimum absolute atomic E-state index is 0.0689. The van der Waals surface area contributed by atoms with Gasteiger partial charge in [0.15, 0.2) is 9.04 Å².